The van der Waals surface area contributed by atoms with Crippen LogP contribution in [0.25, 0.3) is 0 Å². The Kier molecular flexibility index (Phi) is 6.56. The van der Waals surface area contributed by atoms with Gasteiger partial charge in [-0.15, -0.1) is 0 Å². The molecule has 0 fully saturated rings. The van der Waals surface area contributed by atoms with Crippen LogP contribution >= 0.6 is 11.6 Å². The molecule has 3 aromatic rings. The topological polar surface area (TPSA) is 75.3 Å². The molecule has 0 saturated carbocycles. The minimum Gasteiger partial charge on any atom is -0.326 e. The van der Waals surface area contributed by atoms with Gasteiger partial charge in [0.05, 0.1) is 4.90 Å². The number of amides is 1. The Bertz CT molecular complexity index is 1100. The van der Waals surface area contributed by atoms with Crippen LogP contribution < -0.4 is 10.0 Å². The van der Waals surface area contributed by atoms with Crippen LogP contribution in [0.5, 0.6) is 0 Å². The van der Waals surface area contributed by atoms with Crippen LogP contribution in [0.2, 0.25) is 5.02 Å². The smallest absolute Gasteiger partial charge is 0.261 e. The fourth-order valence-electron chi connectivity index (χ4n) is 2.72. The maximum atomic E-state index is 12.5. The summed E-state index contributed by atoms with van der Waals surface area (Å²) in [5.41, 5.74) is 3.08. The summed E-state index contributed by atoms with van der Waals surface area (Å²) in [5, 5.41) is 3.35. The normalized spacial score (nSPS) is 11.1. The number of hydrogen-bond acceptors (Lipinski definition) is 3. The third kappa shape index (κ3) is 6.07. The van der Waals surface area contributed by atoms with Crippen molar-refractivity contribution in [2.24, 2.45) is 0 Å². The van der Waals surface area contributed by atoms with Gasteiger partial charge in [0.15, 0.2) is 0 Å². The number of carbonyl (C=O) groups is 1. The molecule has 150 valence electrons. The molecule has 3 rings (SSSR count). The van der Waals surface area contributed by atoms with E-state index in [0.717, 1.165) is 11.1 Å². The van der Waals surface area contributed by atoms with Gasteiger partial charge in [-0.1, -0.05) is 47.5 Å². The van der Waals surface area contributed by atoms with Gasteiger partial charge < -0.3 is 5.32 Å². The molecule has 29 heavy (non-hydrogen) atoms. The van der Waals surface area contributed by atoms with Gasteiger partial charge in [0.25, 0.3) is 10.0 Å². The maximum Gasteiger partial charge on any atom is 0.261 e. The Morgan fingerprint density at radius 1 is 0.931 bits per heavy atom. The molecule has 1 amide bonds. The Balaban J connectivity index is 1.58. The molecule has 0 bridgehead atoms. The fraction of sp³-hybridized carbons (Fsp3) is 0.136. The summed E-state index contributed by atoms with van der Waals surface area (Å²) >= 11 is 5.91. The highest BCUT2D eigenvalue weighted by Crippen LogP contribution is 2.18. The first-order chi connectivity index (χ1) is 13.8. The number of aryl methyl sites for hydroxylation is 2. The molecule has 0 atom stereocenters. The molecule has 0 aliphatic heterocycles. The van der Waals surface area contributed by atoms with E-state index in [9.17, 15) is 13.2 Å². The molecule has 0 aliphatic carbocycles. The van der Waals surface area contributed by atoms with E-state index in [1.165, 1.54) is 0 Å². The molecule has 0 heterocycles. The Hall–Kier alpha value is -2.83. The number of carbonyl (C=O) groups excluding carboxylic acids is 1. The SMILES string of the molecule is Cc1ccc(NS(=O)(=O)c2ccc(CCC(=O)Nc3cccc(Cl)c3)cc2)cc1. The Labute approximate surface area is 175 Å². The summed E-state index contributed by atoms with van der Waals surface area (Å²) in [6, 6.07) is 20.6. The standard InChI is InChI=1S/C22H21ClN2O3S/c1-16-5-10-19(11-6-16)25-29(27,28)21-12-7-17(8-13-21)9-14-22(26)24-20-4-2-3-18(23)15-20/h2-8,10-13,15,25H,9,14H2,1H3,(H,24,26). The summed E-state index contributed by atoms with van der Waals surface area (Å²) in [5.74, 6) is -0.134. The molecule has 3 aromatic carbocycles. The van der Waals surface area contributed by atoms with Gasteiger partial charge in [0.1, 0.15) is 0 Å². The van der Waals surface area contributed by atoms with Crippen molar-refractivity contribution < 1.29 is 13.2 Å². The van der Waals surface area contributed by atoms with Crippen molar-refractivity contribution in [3.05, 3.63) is 88.9 Å². The van der Waals surface area contributed by atoms with Crippen molar-refractivity contribution in [2.45, 2.75) is 24.7 Å². The first kappa shape index (κ1) is 20.9. The molecule has 5 nitrogen and oxygen atoms in total. The summed E-state index contributed by atoms with van der Waals surface area (Å²) in [7, 11) is -3.66. The quantitative estimate of drug-likeness (QED) is 0.554. The second-order valence-electron chi connectivity index (χ2n) is 6.67. The van der Waals surface area contributed by atoms with E-state index >= 15 is 0 Å². The fourth-order valence-corrected chi connectivity index (χ4v) is 3.97. The number of rotatable bonds is 7. The lowest BCUT2D eigenvalue weighted by molar-refractivity contribution is -0.116. The van der Waals surface area contributed by atoms with E-state index < -0.39 is 10.0 Å². The molecular weight excluding hydrogens is 408 g/mol. The number of halogens is 1. The number of sulfonamides is 1. The highest BCUT2D eigenvalue weighted by Gasteiger charge is 2.14. The monoisotopic (exact) mass is 428 g/mol. The average molecular weight is 429 g/mol. The first-order valence-corrected chi connectivity index (χ1v) is 10.9. The van der Waals surface area contributed by atoms with Crippen molar-refractivity contribution in [3.8, 4) is 0 Å². The van der Waals surface area contributed by atoms with E-state index in [1.54, 1.807) is 60.7 Å². The number of benzene rings is 3. The minimum absolute atomic E-state index is 0.134. The highest BCUT2D eigenvalue weighted by molar-refractivity contribution is 7.92. The second-order valence-corrected chi connectivity index (χ2v) is 8.79. The Morgan fingerprint density at radius 3 is 2.28 bits per heavy atom. The third-order valence-electron chi connectivity index (χ3n) is 4.29. The zero-order chi connectivity index (χ0) is 20.9. The van der Waals surface area contributed by atoms with Gasteiger partial charge >= 0.3 is 0 Å². The summed E-state index contributed by atoms with van der Waals surface area (Å²) in [6.45, 7) is 1.94. The van der Waals surface area contributed by atoms with Crippen LogP contribution in [0.15, 0.2) is 77.7 Å². The van der Waals surface area contributed by atoms with Crippen molar-refractivity contribution in [1.82, 2.24) is 0 Å². The molecule has 2 N–H and O–H groups in total. The van der Waals surface area contributed by atoms with Crippen LogP contribution in [0.3, 0.4) is 0 Å². The molecular formula is C22H21ClN2O3S. The lowest BCUT2D eigenvalue weighted by atomic mass is 10.1. The van der Waals surface area contributed by atoms with Gasteiger partial charge in [-0.05, 0) is 61.4 Å². The van der Waals surface area contributed by atoms with Crippen molar-refractivity contribution in [1.29, 1.82) is 0 Å². The van der Waals surface area contributed by atoms with Gasteiger partial charge in [-0.25, -0.2) is 8.42 Å². The maximum absolute atomic E-state index is 12.5. The summed E-state index contributed by atoms with van der Waals surface area (Å²) < 4.78 is 27.6. The van der Waals surface area contributed by atoms with Crippen LogP contribution in [0, 0.1) is 6.92 Å². The largest absolute Gasteiger partial charge is 0.326 e. The zero-order valence-electron chi connectivity index (χ0n) is 15.9. The lowest BCUT2D eigenvalue weighted by Gasteiger charge is -2.09. The van der Waals surface area contributed by atoms with Crippen LogP contribution in [0.1, 0.15) is 17.5 Å². The van der Waals surface area contributed by atoms with E-state index in [1.807, 2.05) is 19.1 Å². The van der Waals surface area contributed by atoms with E-state index in [4.69, 9.17) is 11.6 Å². The van der Waals surface area contributed by atoms with Gasteiger partial charge in [0, 0.05) is 22.8 Å². The molecule has 0 spiro atoms. The summed E-state index contributed by atoms with van der Waals surface area (Å²) in [4.78, 5) is 12.3. The van der Waals surface area contributed by atoms with E-state index in [2.05, 4.69) is 10.0 Å². The third-order valence-corrected chi connectivity index (χ3v) is 5.92. The number of hydrogen-bond donors (Lipinski definition) is 2. The molecule has 0 saturated heterocycles. The van der Waals surface area contributed by atoms with Crippen LogP contribution in [-0.4, -0.2) is 14.3 Å². The molecule has 0 unspecified atom stereocenters. The lowest BCUT2D eigenvalue weighted by Crippen LogP contribution is -2.13. The van der Waals surface area contributed by atoms with Crippen LogP contribution in [-0.2, 0) is 21.2 Å². The van der Waals surface area contributed by atoms with E-state index in [0.29, 0.717) is 22.8 Å². The highest BCUT2D eigenvalue weighted by atomic mass is 35.5. The zero-order valence-corrected chi connectivity index (χ0v) is 17.4. The van der Waals surface area contributed by atoms with Gasteiger partial charge in [-0.3, -0.25) is 9.52 Å². The van der Waals surface area contributed by atoms with Crippen LogP contribution in [0.4, 0.5) is 11.4 Å². The molecule has 0 aromatic heterocycles. The average Bonchev–Trinajstić information content (AvgIpc) is 2.68. The van der Waals surface area contributed by atoms with Gasteiger partial charge in [-0.2, -0.15) is 0 Å². The molecule has 0 radical (unpaired) electrons. The van der Waals surface area contributed by atoms with Crippen molar-refractivity contribution in [2.75, 3.05) is 10.0 Å². The van der Waals surface area contributed by atoms with Crippen molar-refractivity contribution in [3.63, 3.8) is 0 Å². The first-order valence-electron chi connectivity index (χ1n) is 9.06. The van der Waals surface area contributed by atoms with E-state index in [-0.39, 0.29) is 17.2 Å². The minimum atomic E-state index is -3.66. The predicted octanol–water partition coefficient (Wildman–Crippen LogP) is 5.02. The predicted molar refractivity (Wildman–Crippen MR) is 117 cm³/mol. The Morgan fingerprint density at radius 2 is 1.62 bits per heavy atom. The number of anilines is 2. The second kappa shape index (κ2) is 9.11. The van der Waals surface area contributed by atoms with Crippen molar-refractivity contribution >= 4 is 38.9 Å². The molecule has 0 aliphatic rings. The number of nitrogens with one attached hydrogen (secondary N) is 2. The molecule has 7 heteroatoms. The van der Waals surface area contributed by atoms with Gasteiger partial charge in [0.2, 0.25) is 5.91 Å². The summed E-state index contributed by atoms with van der Waals surface area (Å²) in [6.07, 6.45) is 0.776.